The summed E-state index contributed by atoms with van der Waals surface area (Å²) in [6.45, 7) is 0.788. The molecule has 24 heavy (non-hydrogen) atoms. The Kier molecular flexibility index (Phi) is 4.70. The van der Waals surface area contributed by atoms with Gasteiger partial charge in [0.15, 0.2) is 22.1 Å². The largest absolute Gasteiger partial charge is 0.382 e. The van der Waals surface area contributed by atoms with Crippen molar-refractivity contribution in [3.63, 3.8) is 0 Å². The summed E-state index contributed by atoms with van der Waals surface area (Å²) in [7, 11) is 0. The van der Waals surface area contributed by atoms with Crippen LogP contribution in [-0.4, -0.2) is 24.8 Å². The van der Waals surface area contributed by atoms with Gasteiger partial charge in [0.2, 0.25) is 0 Å². The number of halogens is 2. The van der Waals surface area contributed by atoms with Crippen LogP contribution in [0.2, 0.25) is 0 Å². The standard InChI is InChI=1S/C16H15BrIN5S/c17-4-5-23-15-13(14(19)20-8-21-15)22-16(23)24-12-7-10-3-1-2-9(10)6-11(12)18/h6-8H,1-5H2,(H2,19,20,21). The molecule has 0 unspecified atom stereocenters. The number of fused-ring (bicyclic) bond motifs is 2. The Balaban J connectivity index is 1.80. The SMILES string of the molecule is Nc1ncnc2c1nc(Sc1cc3c(cc1I)CCC3)n2CCBr. The quantitative estimate of drug-likeness (QED) is 0.419. The summed E-state index contributed by atoms with van der Waals surface area (Å²) in [5, 5.41) is 1.74. The normalized spacial score (nSPS) is 13.6. The molecule has 4 rings (SSSR count). The van der Waals surface area contributed by atoms with E-state index < -0.39 is 0 Å². The summed E-state index contributed by atoms with van der Waals surface area (Å²) in [6, 6.07) is 4.64. The minimum Gasteiger partial charge on any atom is -0.382 e. The first-order valence-corrected chi connectivity index (χ1v) is 10.7. The Bertz CT molecular complexity index is 926. The summed E-state index contributed by atoms with van der Waals surface area (Å²) in [5.74, 6) is 0.429. The number of hydrogen-bond donors (Lipinski definition) is 1. The van der Waals surface area contributed by atoms with E-state index in [1.165, 1.54) is 45.2 Å². The molecule has 1 aliphatic carbocycles. The fourth-order valence-electron chi connectivity index (χ4n) is 3.05. The molecule has 124 valence electrons. The molecule has 2 aromatic heterocycles. The van der Waals surface area contributed by atoms with Crippen LogP contribution in [0.3, 0.4) is 0 Å². The lowest BCUT2D eigenvalue weighted by Gasteiger charge is -2.09. The summed E-state index contributed by atoms with van der Waals surface area (Å²) < 4.78 is 3.38. The van der Waals surface area contributed by atoms with Gasteiger partial charge in [0.25, 0.3) is 0 Å². The van der Waals surface area contributed by atoms with Crippen molar-refractivity contribution in [3.05, 3.63) is 33.2 Å². The van der Waals surface area contributed by atoms with Gasteiger partial charge in [-0.1, -0.05) is 27.7 Å². The van der Waals surface area contributed by atoms with Gasteiger partial charge in [0.1, 0.15) is 6.33 Å². The smallest absolute Gasteiger partial charge is 0.175 e. The zero-order chi connectivity index (χ0) is 16.7. The summed E-state index contributed by atoms with van der Waals surface area (Å²) in [5.41, 5.74) is 10.4. The van der Waals surface area contributed by atoms with Crippen molar-refractivity contribution >= 4 is 67.3 Å². The number of nitrogen functional groups attached to an aromatic ring is 1. The zero-order valence-corrected chi connectivity index (χ0v) is 17.4. The number of hydrogen-bond acceptors (Lipinski definition) is 5. The number of nitrogens with zero attached hydrogens (tertiary/aromatic N) is 4. The maximum Gasteiger partial charge on any atom is 0.175 e. The zero-order valence-electron chi connectivity index (χ0n) is 12.8. The van der Waals surface area contributed by atoms with Crippen LogP contribution in [0.1, 0.15) is 17.5 Å². The number of rotatable bonds is 4. The topological polar surface area (TPSA) is 69.6 Å². The Morgan fingerprint density at radius 3 is 2.83 bits per heavy atom. The van der Waals surface area contributed by atoms with Gasteiger partial charge in [0, 0.05) is 20.3 Å². The number of aryl methyl sites for hydroxylation is 3. The minimum atomic E-state index is 0.429. The summed E-state index contributed by atoms with van der Waals surface area (Å²) >= 11 is 7.62. The number of imidazole rings is 1. The molecule has 0 amide bonds. The van der Waals surface area contributed by atoms with Crippen LogP contribution in [0.4, 0.5) is 5.82 Å². The third-order valence-electron chi connectivity index (χ3n) is 4.18. The van der Waals surface area contributed by atoms with Crippen LogP contribution in [0.5, 0.6) is 0 Å². The Morgan fingerprint density at radius 2 is 2.04 bits per heavy atom. The lowest BCUT2D eigenvalue weighted by Crippen LogP contribution is -2.02. The highest BCUT2D eigenvalue weighted by molar-refractivity contribution is 14.1. The van der Waals surface area contributed by atoms with Crippen molar-refractivity contribution < 1.29 is 0 Å². The molecule has 2 heterocycles. The fraction of sp³-hybridized carbons (Fsp3) is 0.312. The van der Waals surface area contributed by atoms with E-state index in [4.69, 9.17) is 10.7 Å². The van der Waals surface area contributed by atoms with Gasteiger partial charge in [0.05, 0.1) is 0 Å². The van der Waals surface area contributed by atoms with Crippen molar-refractivity contribution in [1.29, 1.82) is 0 Å². The van der Waals surface area contributed by atoms with E-state index in [2.05, 4.69) is 65.2 Å². The van der Waals surface area contributed by atoms with Gasteiger partial charge in [-0.3, -0.25) is 0 Å². The lowest BCUT2D eigenvalue weighted by atomic mass is 10.1. The average molecular weight is 516 g/mol. The predicted octanol–water partition coefficient (Wildman–Crippen LogP) is 4.05. The first-order chi connectivity index (χ1) is 11.7. The van der Waals surface area contributed by atoms with Crippen LogP contribution in [0, 0.1) is 3.57 Å². The average Bonchev–Trinajstić information content (AvgIpc) is 3.14. The maximum absolute atomic E-state index is 5.98. The van der Waals surface area contributed by atoms with E-state index in [9.17, 15) is 0 Å². The third kappa shape index (κ3) is 2.92. The highest BCUT2D eigenvalue weighted by atomic mass is 127. The molecule has 0 aliphatic heterocycles. The van der Waals surface area contributed by atoms with Crippen molar-refractivity contribution in [3.8, 4) is 0 Å². The molecule has 0 bridgehead atoms. The van der Waals surface area contributed by atoms with Gasteiger partial charge < -0.3 is 10.3 Å². The monoisotopic (exact) mass is 515 g/mol. The first-order valence-electron chi connectivity index (χ1n) is 7.69. The van der Waals surface area contributed by atoms with E-state index in [1.807, 2.05) is 0 Å². The van der Waals surface area contributed by atoms with Crippen molar-refractivity contribution in [2.24, 2.45) is 0 Å². The molecular weight excluding hydrogens is 501 g/mol. The number of nitrogens with two attached hydrogens (primary N) is 1. The van der Waals surface area contributed by atoms with Gasteiger partial charge in [-0.15, -0.1) is 0 Å². The van der Waals surface area contributed by atoms with E-state index in [-0.39, 0.29) is 0 Å². The van der Waals surface area contributed by atoms with E-state index >= 15 is 0 Å². The van der Waals surface area contributed by atoms with Crippen molar-refractivity contribution in [1.82, 2.24) is 19.5 Å². The molecule has 0 spiro atoms. The lowest BCUT2D eigenvalue weighted by molar-refractivity contribution is 0.705. The molecule has 3 aromatic rings. The minimum absolute atomic E-state index is 0.429. The highest BCUT2D eigenvalue weighted by Gasteiger charge is 2.19. The second-order valence-electron chi connectivity index (χ2n) is 5.67. The predicted molar refractivity (Wildman–Crippen MR) is 109 cm³/mol. The van der Waals surface area contributed by atoms with Crippen molar-refractivity contribution in [2.75, 3.05) is 11.1 Å². The molecule has 0 radical (unpaired) electrons. The molecule has 0 atom stereocenters. The van der Waals surface area contributed by atoms with Crippen LogP contribution in [0.25, 0.3) is 11.2 Å². The van der Waals surface area contributed by atoms with Gasteiger partial charge >= 0.3 is 0 Å². The van der Waals surface area contributed by atoms with Crippen molar-refractivity contribution in [2.45, 2.75) is 35.9 Å². The second kappa shape index (κ2) is 6.80. The maximum atomic E-state index is 5.98. The summed E-state index contributed by atoms with van der Waals surface area (Å²) in [6.07, 6.45) is 5.13. The highest BCUT2D eigenvalue weighted by Crippen LogP contribution is 2.37. The second-order valence-corrected chi connectivity index (χ2v) is 8.64. The Morgan fingerprint density at radius 1 is 1.25 bits per heavy atom. The molecule has 1 aliphatic rings. The number of alkyl halides is 1. The molecule has 8 heteroatoms. The number of anilines is 1. The molecule has 0 fully saturated rings. The van der Waals surface area contributed by atoms with Gasteiger partial charge in [-0.25, -0.2) is 15.0 Å². The van der Waals surface area contributed by atoms with E-state index in [0.717, 1.165) is 22.7 Å². The van der Waals surface area contributed by atoms with Crippen LogP contribution in [-0.2, 0) is 19.4 Å². The number of aromatic nitrogens is 4. The van der Waals surface area contributed by atoms with E-state index in [1.54, 1.807) is 11.8 Å². The van der Waals surface area contributed by atoms with E-state index in [0.29, 0.717) is 11.3 Å². The Hall–Kier alpha value is -0.870. The summed E-state index contributed by atoms with van der Waals surface area (Å²) in [4.78, 5) is 14.4. The van der Waals surface area contributed by atoms with Gasteiger partial charge in [-0.05, 0) is 65.1 Å². The number of benzene rings is 1. The molecule has 2 N–H and O–H groups in total. The van der Waals surface area contributed by atoms with Gasteiger partial charge in [-0.2, -0.15) is 0 Å². The molecule has 1 aromatic carbocycles. The molecule has 5 nitrogen and oxygen atoms in total. The fourth-order valence-corrected chi connectivity index (χ4v) is 5.24. The molecule has 0 saturated heterocycles. The Labute approximate surface area is 166 Å². The first kappa shape index (κ1) is 16.6. The van der Waals surface area contributed by atoms with Crippen LogP contribution >= 0.6 is 50.3 Å². The third-order valence-corrected chi connectivity index (χ3v) is 6.85. The molecular formula is C16H15BrIN5S. The molecule has 0 saturated carbocycles. The van der Waals surface area contributed by atoms with Crippen LogP contribution < -0.4 is 5.73 Å². The van der Waals surface area contributed by atoms with Crippen LogP contribution in [0.15, 0.2) is 28.5 Å².